The van der Waals surface area contributed by atoms with Gasteiger partial charge in [0.1, 0.15) is 7.85 Å². The van der Waals surface area contributed by atoms with Crippen molar-refractivity contribution >= 4 is 13.6 Å². The molecule has 0 amide bonds. The van der Waals surface area contributed by atoms with Crippen LogP contribution in [0.3, 0.4) is 0 Å². The van der Waals surface area contributed by atoms with Crippen molar-refractivity contribution in [1.29, 1.82) is 0 Å². The van der Waals surface area contributed by atoms with Gasteiger partial charge in [0.05, 0.1) is 0 Å². The first-order valence-electron chi connectivity index (χ1n) is 5.06. The van der Waals surface area contributed by atoms with Gasteiger partial charge in [0.25, 0.3) is 0 Å². The van der Waals surface area contributed by atoms with Crippen LogP contribution in [-0.2, 0) is 0 Å². The Hall–Kier alpha value is -0.525. The van der Waals surface area contributed by atoms with Crippen molar-refractivity contribution in [2.24, 2.45) is 10.4 Å². The maximum absolute atomic E-state index is 5.80. The van der Waals surface area contributed by atoms with Gasteiger partial charge in [0, 0.05) is 11.1 Å². The SMILES string of the molecule is [B]C(C)(C)N=C(C)/C=C(/C)C(C)(C)C. The van der Waals surface area contributed by atoms with Crippen LogP contribution in [0.15, 0.2) is 16.6 Å². The van der Waals surface area contributed by atoms with Crippen LogP contribution in [0.25, 0.3) is 0 Å². The van der Waals surface area contributed by atoms with Gasteiger partial charge in [-0.15, -0.1) is 0 Å². The molecule has 0 bridgehead atoms. The molecule has 2 heteroatoms. The summed E-state index contributed by atoms with van der Waals surface area (Å²) in [5.41, 5.74) is 2.04. The molecular weight excluding hydrogens is 169 g/mol. The minimum Gasteiger partial charge on any atom is -0.294 e. The highest BCUT2D eigenvalue weighted by Gasteiger charge is 2.13. The molecule has 0 rings (SSSR count). The maximum Gasteiger partial charge on any atom is 0.106 e. The zero-order chi connectivity index (χ0) is 11.6. The Labute approximate surface area is 90.1 Å². The van der Waals surface area contributed by atoms with Crippen molar-refractivity contribution in [3.8, 4) is 0 Å². The first-order valence-corrected chi connectivity index (χ1v) is 5.06. The van der Waals surface area contributed by atoms with Gasteiger partial charge >= 0.3 is 0 Å². The topological polar surface area (TPSA) is 12.4 Å². The molecule has 0 aromatic heterocycles. The van der Waals surface area contributed by atoms with E-state index in [-0.39, 0.29) is 5.41 Å². The molecule has 0 aromatic rings. The fraction of sp³-hybridized carbons (Fsp3) is 0.750. The van der Waals surface area contributed by atoms with Gasteiger partial charge in [-0.3, -0.25) is 4.99 Å². The first kappa shape index (κ1) is 13.5. The smallest absolute Gasteiger partial charge is 0.106 e. The van der Waals surface area contributed by atoms with Crippen LogP contribution < -0.4 is 0 Å². The highest BCUT2D eigenvalue weighted by molar-refractivity contribution is 6.16. The summed E-state index contributed by atoms with van der Waals surface area (Å²) in [7, 11) is 5.80. The predicted molar refractivity (Wildman–Crippen MR) is 66.2 cm³/mol. The molecule has 2 radical (unpaired) electrons. The highest BCUT2D eigenvalue weighted by Crippen LogP contribution is 2.24. The van der Waals surface area contributed by atoms with Crippen LogP contribution >= 0.6 is 0 Å². The molecule has 0 heterocycles. The van der Waals surface area contributed by atoms with Crippen molar-refractivity contribution in [3.05, 3.63) is 11.6 Å². The van der Waals surface area contributed by atoms with Gasteiger partial charge in [0.2, 0.25) is 0 Å². The molecule has 14 heavy (non-hydrogen) atoms. The Balaban J connectivity index is 4.77. The van der Waals surface area contributed by atoms with E-state index in [9.17, 15) is 0 Å². The van der Waals surface area contributed by atoms with E-state index in [1.807, 2.05) is 20.8 Å². The Bertz CT molecular complexity index is 248. The molecule has 0 N–H and O–H groups in total. The minimum atomic E-state index is -0.473. The molecule has 78 valence electrons. The van der Waals surface area contributed by atoms with Crippen molar-refractivity contribution in [2.75, 3.05) is 0 Å². The highest BCUT2D eigenvalue weighted by atomic mass is 14.8. The summed E-state index contributed by atoms with van der Waals surface area (Å²) in [6.07, 6.45) is 2.11. The Morgan fingerprint density at radius 1 is 1.07 bits per heavy atom. The van der Waals surface area contributed by atoms with Gasteiger partial charge in [-0.1, -0.05) is 26.3 Å². The zero-order valence-corrected chi connectivity index (χ0v) is 10.6. The molecule has 0 aliphatic heterocycles. The molecule has 0 atom stereocenters. The van der Waals surface area contributed by atoms with Gasteiger partial charge in [0.15, 0.2) is 0 Å². The standard InChI is InChI=1S/C12H22BN/c1-9(11(3,4)5)8-10(2)14-12(6,7)13/h8H,1-7H3/b9-8-,14-10?. The van der Waals surface area contributed by atoms with Crippen molar-refractivity contribution in [1.82, 2.24) is 0 Å². The number of nitrogens with zero attached hydrogens (tertiary/aromatic N) is 1. The first-order chi connectivity index (χ1) is 6.02. The number of allylic oxidation sites excluding steroid dienone is 2. The van der Waals surface area contributed by atoms with Gasteiger partial charge < -0.3 is 0 Å². The summed E-state index contributed by atoms with van der Waals surface area (Å²) in [5.74, 6) is 0. The molecule has 0 fully saturated rings. The fourth-order valence-corrected chi connectivity index (χ4v) is 1.02. The fourth-order valence-electron chi connectivity index (χ4n) is 1.02. The molecule has 0 aliphatic carbocycles. The molecule has 0 saturated heterocycles. The molecule has 1 nitrogen and oxygen atoms in total. The van der Waals surface area contributed by atoms with Crippen LogP contribution in [0, 0.1) is 5.41 Å². The van der Waals surface area contributed by atoms with E-state index in [1.165, 1.54) is 5.57 Å². The Kier molecular flexibility index (Phi) is 4.17. The lowest BCUT2D eigenvalue weighted by molar-refractivity contribution is 0.504. The second-order valence-corrected chi connectivity index (χ2v) is 5.48. The monoisotopic (exact) mass is 191 g/mol. The van der Waals surface area contributed by atoms with E-state index in [0.717, 1.165) is 5.71 Å². The lowest BCUT2D eigenvalue weighted by Gasteiger charge is -2.20. The third kappa shape index (κ3) is 6.01. The molecule has 0 aliphatic rings. The van der Waals surface area contributed by atoms with Crippen LogP contribution in [-0.4, -0.2) is 19.0 Å². The van der Waals surface area contributed by atoms with Gasteiger partial charge in [-0.05, 0) is 39.2 Å². The molecule has 0 unspecified atom stereocenters. The summed E-state index contributed by atoms with van der Waals surface area (Å²) in [6, 6.07) is 0. The van der Waals surface area contributed by atoms with E-state index in [4.69, 9.17) is 7.85 Å². The van der Waals surface area contributed by atoms with E-state index < -0.39 is 5.44 Å². The zero-order valence-electron chi connectivity index (χ0n) is 10.6. The Morgan fingerprint density at radius 2 is 1.50 bits per heavy atom. The number of hydrogen-bond acceptors (Lipinski definition) is 1. The molecule has 0 saturated carbocycles. The Morgan fingerprint density at radius 3 is 1.79 bits per heavy atom. The lowest BCUT2D eigenvalue weighted by Crippen LogP contribution is -2.18. The lowest BCUT2D eigenvalue weighted by atomic mass is 9.82. The normalized spacial score (nSPS) is 15.9. The second-order valence-electron chi connectivity index (χ2n) is 5.48. The van der Waals surface area contributed by atoms with Crippen LogP contribution in [0.1, 0.15) is 48.5 Å². The molecule has 0 aromatic carbocycles. The number of rotatable bonds is 2. The van der Waals surface area contributed by atoms with E-state index in [0.29, 0.717) is 0 Å². The van der Waals surface area contributed by atoms with E-state index in [1.54, 1.807) is 0 Å². The quantitative estimate of drug-likeness (QED) is 0.468. The average Bonchev–Trinajstić information content (AvgIpc) is 1.79. The van der Waals surface area contributed by atoms with Crippen molar-refractivity contribution < 1.29 is 0 Å². The average molecular weight is 191 g/mol. The summed E-state index contributed by atoms with van der Waals surface area (Å²) >= 11 is 0. The predicted octanol–water partition coefficient (Wildman–Crippen LogP) is 3.34. The second kappa shape index (κ2) is 4.33. The van der Waals surface area contributed by atoms with Crippen LogP contribution in [0.5, 0.6) is 0 Å². The largest absolute Gasteiger partial charge is 0.294 e. The summed E-state index contributed by atoms with van der Waals surface area (Å²) in [6.45, 7) is 14.5. The van der Waals surface area contributed by atoms with Gasteiger partial charge in [-0.25, -0.2) is 0 Å². The van der Waals surface area contributed by atoms with Crippen LogP contribution in [0.4, 0.5) is 0 Å². The summed E-state index contributed by atoms with van der Waals surface area (Å²) < 4.78 is 0. The third-order valence-electron chi connectivity index (χ3n) is 2.07. The van der Waals surface area contributed by atoms with Crippen LogP contribution in [0.2, 0.25) is 0 Å². The van der Waals surface area contributed by atoms with E-state index >= 15 is 0 Å². The summed E-state index contributed by atoms with van der Waals surface area (Å²) in [5, 5.41) is 0. The molecular formula is C12H22BN. The number of aliphatic imine (C=N–C) groups is 1. The molecule has 0 spiro atoms. The van der Waals surface area contributed by atoms with Crippen molar-refractivity contribution in [2.45, 2.75) is 53.9 Å². The summed E-state index contributed by atoms with van der Waals surface area (Å²) in [4.78, 5) is 4.38. The third-order valence-corrected chi connectivity index (χ3v) is 2.07. The van der Waals surface area contributed by atoms with E-state index in [2.05, 4.69) is 38.8 Å². The van der Waals surface area contributed by atoms with Crippen molar-refractivity contribution in [3.63, 3.8) is 0 Å². The minimum absolute atomic E-state index is 0.204. The maximum atomic E-state index is 5.80. The van der Waals surface area contributed by atoms with Gasteiger partial charge in [-0.2, -0.15) is 0 Å². The number of hydrogen-bond donors (Lipinski definition) is 0.